The first kappa shape index (κ1) is 11.1. The average molecular weight is 243 g/mol. The van der Waals surface area contributed by atoms with E-state index in [2.05, 4.69) is 22.9 Å². The van der Waals surface area contributed by atoms with Crippen LogP contribution in [0, 0.1) is 0 Å². The van der Waals surface area contributed by atoms with E-state index in [1.165, 1.54) is 11.4 Å². The van der Waals surface area contributed by atoms with E-state index in [-0.39, 0.29) is 0 Å². The lowest BCUT2D eigenvalue weighted by Crippen LogP contribution is -2.37. The maximum absolute atomic E-state index is 5.92. The largest absolute Gasteiger partial charge is 0.369 e. The van der Waals surface area contributed by atoms with Gasteiger partial charge in [0.25, 0.3) is 0 Å². The van der Waals surface area contributed by atoms with Crippen molar-refractivity contribution in [1.82, 2.24) is 4.98 Å². The van der Waals surface area contributed by atoms with E-state index in [4.69, 9.17) is 11.6 Å². The van der Waals surface area contributed by atoms with Gasteiger partial charge in [0.1, 0.15) is 0 Å². The number of hydrogen-bond acceptors (Lipinski definition) is 3. The van der Waals surface area contributed by atoms with E-state index >= 15 is 0 Å². The highest BCUT2D eigenvalue weighted by Crippen LogP contribution is 2.26. The molecule has 1 saturated heterocycles. The van der Waals surface area contributed by atoms with Gasteiger partial charge in [-0.1, -0.05) is 6.92 Å². The Bertz CT molecular complexity index is 332. The summed E-state index contributed by atoms with van der Waals surface area (Å²) in [6, 6.07) is 2.07. The molecular weight excluding hydrogens is 228 g/mol. The summed E-state index contributed by atoms with van der Waals surface area (Å²) in [6.07, 6.45) is 3.71. The number of pyridine rings is 1. The van der Waals surface area contributed by atoms with Crippen molar-refractivity contribution in [3.63, 3.8) is 0 Å². The van der Waals surface area contributed by atoms with Crippen LogP contribution in [0.5, 0.6) is 0 Å². The van der Waals surface area contributed by atoms with Gasteiger partial charge in [0.15, 0.2) is 0 Å². The zero-order valence-corrected chi connectivity index (χ0v) is 10.4. The van der Waals surface area contributed by atoms with Crippen molar-refractivity contribution in [2.24, 2.45) is 0 Å². The van der Waals surface area contributed by atoms with Crippen LogP contribution in [0.25, 0.3) is 0 Å². The molecular formula is C11H15ClN2S. The van der Waals surface area contributed by atoms with Crippen LogP contribution in [0.2, 0.25) is 0 Å². The summed E-state index contributed by atoms with van der Waals surface area (Å²) in [5.74, 6) is 1.74. The van der Waals surface area contributed by atoms with Gasteiger partial charge in [-0.25, -0.2) is 0 Å². The van der Waals surface area contributed by atoms with E-state index in [9.17, 15) is 0 Å². The van der Waals surface area contributed by atoms with Gasteiger partial charge in [-0.3, -0.25) is 4.98 Å². The van der Waals surface area contributed by atoms with Crippen molar-refractivity contribution in [2.75, 3.05) is 23.7 Å². The molecule has 0 aromatic carbocycles. The molecule has 82 valence electrons. The molecule has 1 aromatic heterocycles. The van der Waals surface area contributed by atoms with E-state index in [1.807, 2.05) is 24.2 Å². The predicted octanol–water partition coefficient (Wildman–Crippen LogP) is 2.76. The van der Waals surface area contributed by atoms with Gasteiger partial charge in [-0.15, -0.1) is 11.6 Å². The number of anilines is 1. The van der Waals surface area contributed by atoms with Crippen molar-refractivity contribution in [3.05, 3.63) is 24.0 Å². The van der Waals surface area contributed by atoms with Crippen LogP contribution in [-0.2, 0) is 5.88 Å². The lowest BCUT2D eigenvalue weighted by molar-refractivity contribution is 0.778. The molecule has 1 aromatic rings. The second-order valence-corrected chi connectivity index (χ2v) is 5.58. The summed E-state index contributed by atoms with van der Waals surface area (Å²) in [7, 11) is 0. The summed E-state index contributed by atoms with van der Waals surface area (Å²) in [4.78, 5) is 6.53. The third-order valence-electron chi connectivity index (χ3n) is 2.60. The lowest BCUT2D eigenvalue weighted by Gasteiger charge is -2.33. The quantitative estimate of drug-likeness (QED) is 0.742. The van der Waals surface area contributed by atoms with Crippen LogP contribution in [0.4, 0.5) is 5.69 Å². The molecule has 1 atom stereocenters. The van der Waals surface area contributed by atoms with Crippen molar-refractivity contribution in [3.8, 4) is 0 Å². The zero-order valence-electron chi connectivity index (χ0n) is 8.82. The molecule has 2 rings (SSSR count). The number of nitrogens with zero attached hydrogens (tertiary/aromatic N) is 2. The molecule has 0 aliphatic carbocycles. The predicted molar refractivity (Wildman–Crippen MR) is 67.9 cm³/mol. The average Bonchev–Trinajstić information content (AvgIpc) is 2.29. The van der Waals surface area contributed by atoms with Gasteiger partial charge in [0.2, 0.25) is 0 Å². The molecule has 0 saturated carbocycles. The Morgan fingerprint density at radius 2 is 2.53 bits per heavy atom. The fourth-order valence-corrected chi connectivity index (χ4v) is 3.09. The Labute approximate surface area is 100 Å². The van der Waals surface area contributed by atoms with Gasteiger partial charge in [0.05, 0.1) is 5.88 Å². The van der Waals surface area contributed by atoms with Gasteiger partial charge >= 0.3 is 0 Å². The molecule has 2 heterocycles. The molecule has 0 radical (unpaired) electrons. The van der Waals surface area contributed by atoms with E-state index in [1.54, 1.807) is 0 Å². The second kappa shape index (κ2) is 5.08. The van der Waals surface area contributed by atoms with E-state index < -0.39 is 0 Å². The molecule has 1 fully saturated rings. The Kier molecular flexibility index (Phi) is 3.76. The van der Waals surface area contributed by atoms with E-state index in [0.717, 1.165) is 18.7 Å². The minimum Gasteiger partial charge on any atom is -0.369 e. The van der Waals surface area contributed by atoms with Crippen LogP contribution < -0.4 is 4.90 Å². The smallest absolute Gasteiger partial charge is 0.0509 e. The van der Waals surface area contributed by atoms with Crippen LogP contribution in [0.3, 0.4) is 0 Å². The SMILES string of the molecule is CC1CN(c2ccncc2CCl)CCS1. The topological polar surface area (TPSA) is 16.1 Å². The Balaban J connectivity index is 2.20. The summed E-state index contributed by atoms with van der Waals surface area (Å²) in [5, 5.41) is 0.704. The molecule has 0 spiro atoms. The number of halogens is 1. The first-order chi connectivity index (χ1) is 7.31. The Hall–Kier alpha value is -0.410. The molecule has 1 unspecified atom stereocenters. The van der Waals surface area contributed by atoms with Gasteiger partial charge < -0.3 is 4.90 Å². The summed E-state index contributed by atoms with van der Waals surface area (Å²) in [5.41, 5.74) is 2.39. The summed E-state index contributed by atoms with van der Waals surface area (Å²) < 4.78 is 0. The molecule has 1 aliphatic heterocycles. The number of alkyl halides is 1. The molecule has 2 nitrogen and oxygen atoms in total. The normalized spacial score (nSPS) is 21.7. The number of aromatic nitrogens is 1. The van der Waals surface area contributed by atoms with Gasteiger partial charge in [0, 0.05) is 47.7 Å². The van der Waals surface area contributed by atoms with Gasteiger partial charge in [-0.05, 0) is 6.07 Å². The molecule has 4 heteroatoms. The monoisotopic (exact) mass is 242 g/mol. The van der Waals surface area contributed by atoms with Crippen LogP contribution in [-0.4, -0.2) is 29.1 Å². The maximum atomic E-state index is 5.92. The standard InChI is InChI=1S/C11H15ClN2S/c1-9-8-14(4-5-15-9)11-2-3-13-7-10(11)6-12/h2-3,7,9H,4-6,8H2,1H3. The molecule has 0 N–H and O–H groups in total. The molecule has 15 heavy (non-hydrogen) atoms. The summed E-state index contributed by atoms with van der Waals surface area (Å²) in [6.45, 7) is 4.50. The fourth-order valence-electron chi connectivity index (χ4n) is 1.87. The lowest BCUT2D eigenvalue weighted by atomic mass is 10.2. The number of rotatable bonds is 2. The molecule has 1 aliphatic rings. The molecule has 0 amide bonds. The van der Waals surface area contributed by atoms with Crippen molar-refractivity contribution in [1.29, 1.82) is 0 Å². The van der Waals surface area contributed by atoms with Crippen LogP contribution in [0.15, 0.2) is 18.5 Å². The zero-order chi connectivity index (χ0) is 10.7. The minimum atomic E-state index is 0.543. The highest BCUT2D eigenvalue weighted by molar-refractivity contribution is 8.00. The van der Waals surface area contributed by atoms with Crippen molar-refractivity contribution in [2.45, 2.75) is 18.1 Å². The first-order valence-electron chi connectivity index (χ1n) is 5.16. The Morgan fingerprint density at radius 1 is 1.67 bits per heavy atom. The third kappa shape index (κ3) is 2.58. The Morgan fingerprint density at radius 3 is 3.27 bits per heavy atom. The number of thioether (sulfide) groups is 1. The van der Waals surface area contributed by atoms with Crippen LogP contribution >= 0.6 is 23.4 Å². The third-order valence-corrected chi connectivity index (χ3v) is 4.03. The highest BCUT2D eigenvalue weighted by atomic mass is 35.5. The van der Waals surface area contributed by atoms with Crippen molar-refractivity contribution < 1.29 is 0 Å². The minimum absolute atomic E-state index is 0.543. The molecule has 0 bridgehead atoms. The van der Waals surface area contributed by atoms with Crippen LogP contribution in [0.1, 0.15) is 12.5 Å². The summed E-state index contributed by atoms with van der Waals surface area (Å²) >= 11 is 7.96. The second-order valence-electron chi connectivity index (χ2n) is 3.77. The van der Waals surface area contributed by atoms with E-state index in [0.29, 0.717) is 11.1 Å². The fraction of sp³-hybridized carbons (Fsp3) is 0.545. The number of hydrogen-bond donors (Lipinski definition) is 0. The van der Waals surface area contributed by atoms with Gasteiger partial charge in [-0.2, -0.15) is 11.8 Å². The maximum Gasteiger partial charge on any atom is 0.0509 e. The van der Waals surface area contributed by atoms with Crippen molar-refractivity contribution >= 4 is 29.1 Å². The first-order valence-corrected chi connectivity index (χ1v) is 6.75. The highest BCUT2D eigenvalue weighted by Gasteiger charge is 2.18.